The summed E-state index contributed by atoms with van der Waals surface area (Å²) >= 11 is 0. The third-order valence-corrected chi connectivity index (χ3v) is 6.74. The van der Waals surface area contributed by atoms with E-state index in [1.54, 1.807) is 41.3 Å². The second-order valence-corrected chi connectivity index (χ2v) is 8.74. The third kappa shape index (κ3) is 3.67. The van der Waals surface area contributed by atoms with Crippen molar-refractivity contribution in [1.29, 1.82) is 0 Å². The van der Waals surface area contributed by atoms with Gasteiger partial charge in [-0.2, -0.15) is 0 Å². The van der Waals surface area contributed by atoms with Crippen molar-refractivity contribution in [2.24, 2.45) is 0 Å². The molecule has 0 radical (unpaired) electrons. The zero-order valence-corrected chi connectivity index (χ0v) is 17.0. The van der Waals surface area contributed by atoms with Crippen LogP contribution in [0.3, 0.4) is 0 Å². The first kappa shape index (κ1) is 19.3. The molecule has 150 valence electrons. The summed E-state index contributed by atoms with van der Waals surface area (Å²) in [6, 6.07) is 15.5. The number of para-hydroxylation sites is 2. The van der Waals surface area contributed by atoms with Crippen LogP contribution in [0.15, 0.2) is 64.5 Å². The Morgan fingerprint density at radius 2 is 1.48 bits per heavy atom. The molecule has 1 saturated heterocycles. The number of hydrogen-bond acceptors (Lipinski definition) is 6. The van der Waals surface area contributed by atoms with E-state index in [2.05, 4.69) is 9.97 Å². The minimum Gasteiger partial charge on any atom is -0.351 e. The molecule has 0 spiro atoms. The maximum Gasteiger partial charge on any atom is 0.227 e. The molecule has 8 heteroatoms. The second kappa shape index (κ2) is 7.79. The molecule has 3 aromatic rings. The number of rotatable bonds is 4. The van der Waals surface area contributed by atoms with Crippen LogP contribution in [0.5, 0.6) is 0 Å². The molecular formula is C21H22N4O3S. The van der Waals surface area contributed by atoms with E-state index < -0.39 is 9.84 Å². The summed E-state index contributed by atoms with van der Waals surface area (Å²) in [5.74, 6) is 0.447. The average Bonchev–Trinajstić information content (AvgIpc) is 2.78. The molecule has 2 heterocycles. The van der Waals surface area contributed by atoms with Crippen molar-refractivity contribution < 1.29 is 13.2 Å². The normalized spacial score (nSPS) is 14.9. The van der Waals surface area contributed by atoms with Crippen LogP contribution in [0.1, 0.15) is 13.3 Å². The van der Waals surface area contributed by atoms with Crippen LogP contribution in [0.4, 0.5) is 5.82 Å². The minimum absolute atomic E-state index is 0.0438. The third-order valence-electron chi connectivity index (χ3n) is 5.06. The van der Waals surface area contributed by atoms with Gasteiger partial charge in [-0.05, 0) is 24.3 Å². The number of fused-ring (bicyclic) bond motifs is 1. The topological polar surface area (TPSA) is 83.5 Å². The summed E-state index contributed by atoms with van der Waals surface area (Å²) < 4.78 is 26.7. The van der Waals surface area contributed by atoms with Crippen LogP contribution in [0.2, 0.25) is 0 Å². The van der Waals surface area contributed by atoms with E-state index in [1.807, 2.05) is 30.0 Å². The number of carbonyl (C=O) groups excluding carboxylic acids is 1. The SMILES string of the molecule is CCC(=O)N1CCN(c2nc3ccccc3nc2S(=O)(=O)c2ccccc2)CC1. The molecule has 1 amide bonds. The maximum atomic E-state index is 13.4. The summed E-state index contributed by atoms with van der Waals surface area (Å²) in [5, 5.41) is -0.0438. The Hall–Kier alpha value is -3.00. The van der Waals surface area contributed by atoms with E-state index in [0.29, 0.717) is 49.5 Å². The van der Waals surface area contributed by atoms with Gasteiger partial charge in [0.05, 0.1) is 15.9 Å². The zero-order valence-electron chi connectivity index (χ0n) is 16.2. The van der Waals surface area contributed by atoms with Crippen LogP contribution in [0, 0.1) is 0 Å². The van der Waals surface area contributed by atoms with Crippen molar-refractivity contribution in [3.05, 3.63) is 54.6 Å². The standard InChI is InChI=1S/C21H22N4O3S/c1-2-19(26)24-12-14-25(15-13-24)20-21(23-18-11-7-6-10-17(18)22-20)29(27,28)16-8-4-3-5-9-16/h3-11H,2,12-15H2,1H3. The molecule has 7 nitrogen and oxygen atoms in total. The van der Waals surface area contributed by atoms with Gasteiger partial charge in [-0.3, -0.25) is 4.79 Å². The first-order valence-corrected chi connectivity index (χ1v) is 11.1. The van der Waals surface area contributed by atoms with E-state index in [1.165, 1.54) is 0 Å². The van der Waals surface area contributed by atoms with E-state index in [0.717, 1.165) is 0 Å². The first-order valence-electron chi connectivity index (χ1n) is 9.60. The van der Waals surface area contributed by atoms with Crippen LogP contribution < -0.4 is 4.90 Å². The highest BCUT2D eigenvalue weighted by molar-refractivity contribution is 7.91. The van der Waals surface area contributed by atoms with Gasteiger partial charge >= 0.3 is 0 Å². The molecule has 0 saturated carbocycles. The fourth-order valence-corrected chi connectivity index (χ4v) is 4.84. The van der Waals surface area contributed by atoms with Crippen LogP contribution in [0.25, 0.3) is 11.0 Å². The van der Waals surface area contributed by atoms with Gasteiger partial charge < -0.3 is 9.80 Å². The van der Waals surface area contributed by atoms with Gasteiger partial charge in [0.25, 0.3) is 0 Å². The number of aromatic nitrogens is 2. The van der Waals surface area contributed by atoms with Gasteiger partial charge in [-0.25, -0.2) is 18.4 Å². The zero-order chi connectivity index (χ0) is 20.4. The van der Waals surface area contributed by atoms with Gasteiger partial charge in [0.2, 0.25) is 20.8 Å². The van der Waals surface area contributed by atoms with Crippen molar-refractivity contribution in [1.82, 2.24) is 14.9 Å². The highest BCUT2D eigenvalue weighted by atomic mass is 32.2. The number of nitrogens with zero attached hydrogens (tertiary/aromatic N) is 4. The molecule has 29 heavy (non-hydrogen) atoms. The molecule has 2 aromatic carbocycles. The van der Waals surface area contributed by atoms with E-state index >= 15 is 0 Å². The smallest absolute Gasteiger partial charge is 0.227 e. The molecular weight excluding hydrogens is 388 g/mol. The Labute approximate surface area is 169 Å². The molecule has 0 aliphatic carbocycles. The highest BCUT2D eigenvalue weighted by Gasteiger charge is 2.30. The highest BCUT2D eigenvalue weighted by Crippen LogP contribution is 2.30. The fraction of sp³-hybridized carbons (Fsp3) is 0.286. The van der Waals surface area contributed by atoms with Crippen molar-refractivity contribution in [3.63, 3.8) is 0 Å². The lowest BCUT2D eigenvalue weighted by Crippen LogP contribution is -2.49. The minimum atomic E-state index is -3.84. The fourth-order valence-electron chi connectivity index (χ4n) is 3.46. The van der Waals surface area contributed by atoms with Crippen molar-refractivity contribution >= 4 is 32.6 Å². The average molecular weight is 410 g/mol. The Balaban J connectivity index is 1.79. The maximum absolute atomic E-state index is 13.4. The Morgan fingerprint density at radius 3 is 2.10 bits per heavy atom. The van der Waals surface area contributed by atoms with Gasteiger partial charge in [0.1, 0.15) is 0 Å². The van der Waals surface area contributed by atoms with E-state index in [-0.39, 0.29) is 15.8 Å². The monoisotopic (exact) mass is 410 g/mol. The number of amides is 1. The summed E-state index contributed by atoms with van der Waals surface area (Å²) in [6.45, 7) is 3.93. The van der Waals surface area contributed by atoms with Gasteiger partial charge in [-0.1, -0.05) is 37.3 Å². The van der Waals surface area contributed by atoms with Crippen LogP contribution >= 0.6 is 0 Å². The number of hydrogen-bond donors (Lipinski definition) is 0. The van der Waals surface area contributed by atoms with E-state index in [9.17, 15) is 13.2 Å². The second-order valence-electron chi connectivity index (χ2n) is 6.88. The van der Waals surface area contributed by atoms with Gasteiger partial charge in [0.15, 0.2) is 5.82 Å². The predicted octanol–water partition coefficient (Wildman–Crippen LogP) is 2.52. The molecule has 1 aliphatic rings. The lowest BCUT2D eigenvalue weighted by Gasteiger charge is -2.35. The summed E-state index contributed by atoms with van der Waals surface area (Å²) in [6.07, 6.45) is 0.462. The van der Waals surface area contributed by atoms with Gasteiger partial charge in [-0.15, -0.1) is 0 Å². The Kier molecular flexibility index (Phi) is 5.19. The molecule has 1 aromatic heterocycles. The summed E-state index contributed by atoms with van der Waals surface area (Å²) in [5.41, 5.74) is 1.17. The largest absolute Gasteiger partial charge is 0.351 e. The lowest BCUT2D eigenvalue weighted by atomic mass is 10.2. The van der Waals surface area contributed by atoms with Crippen LogP contribution in [-0.2, 0) is 14.6 Å². The Morgan fingerprint density at radius 1 is 0.897 bits per heavy atom. The molecule has 0 unspecified atom stereocenters. The number of benzene rings is 2. The molecule has 0 bridgehead atoms. The molecule has 1 fully saturated rings. The van der Waals surface area contributed by atoms with Crippen LogP contribution in [-0.4, -0.2) is 55.4 Å². The molecule has 1 aliphatic heterocycles. The molecule has 0 N–H and O–H groups in total. The number of piperazine rings is 1. The van der Waals surface area contributed by atoms with E-state index in [4.69, 9.17) is 0 Å². The van der Waals surface area contributed by atoms with Crippen molar-refractivity contribution in [3.8, 4) is 0 Å². The molecule has 4 rings (SSSR count). The lowest BCUT2D eigenvalue weighted by molar-refractivity contribution is -0.131. The number of carbonyl (C=O) groups is 1. The van der Waals surface area contributed by atoms with Gasteiger partial charge in [0, 0.05) is 32.6 Å². The number of anilines is 1. The number of sulfone groups is 1. The first-order chi connectivity index (χ1) is 14.0. The summed E-state index contributed by atoms with van der Waals surface area (Å²) in [7, 11) is -3.84. The van der Waals surface area contributed by atoms with Crippen molar-refractivity contribution in [2.75, 3.05) is 31.1 Å². The summed E-state index contributed by atoms with van der Waals surface area (Å²) in [4.78, 5) is 25.0. The molecule has 0 atom stereocenters. The Bertz CT molecular complexity index is 1140. The quantitative estimate of drug-likeness (QED) is 0.657. The predicted molar refractivity (Wildman–Crippen MR) is 111 cm³/mol. The van der Waals surface area contributed by atoms with Crippen molar-refractivity contribution in [2.45, 2.75) is 23.3 Å².